The van der Waals surface area contributed by atoms with Crippen LogP contribution in [-0.4, -0.2) is 46.8 Å². The van der Waals surface area contributed by atoms with Gasteiger partial charge in [-0.3, -0.25) is 9.59 Å². The van der Waals surface area contributed by atoms with E-state index in [-0.39, 0.29) is 12.5 Å². The third-order valence-electron chi connectivity index (χ3n) is 4.46. The molecule has 1 aromatic rings. The first-order valence-electron chi connectivity index (χ1n) is 8.47. The Morgan fingerprint density at radius 3 is 2.28 bits per heavy atom. The topological polar surface area (TPSA) is 154 Å². The van der Waals surface area contributed by atoms with E-state index in [4.69, 9.17) is 20.9 Å². The Kier molecular flexibility index (Phi) is 8.15. The highest BCUT2D eigenvalue weighted by Gasteiger charge is 2.44. The monoisotopic (exact) mass is 415 g/mol. The number of nitriles is 1. The van der Waals surface area contributed by atoms with Gasteiger partial charge in [-0.1, -0.05) is 18.6 Å². The molecule has 0 radical (unpaired) electrons. The number of carbonyl (C=O) groups excluding carboxylic acids is 1. The minimum absolute atomic E-state index is 0.118. The van der Waals surface area contributed by atoms with Crippen LogP contribution in [0.3, 0.4) is 0 Å². The summed E-state index contributed by atoms with van der Waals surface area (Å²) in [6, 6.07) is 8.19. The second-order valence-electron chi connectivity index (χ2n) is 6.58. The second kappa shape index (κ2) is 9.88. The Balaban J connectivity index is 0.000000516. The molecule has 1 amide bonds. The van der Waals surface area contributed by atoms with E-state index in [1.54, 1.807) is 24.3 Å². The summed E-state index contributed by atoms with van der Waals surface area (Å²) >= 11 is 0. The van der Waals surface area contributed by atoms with Crippen molar-refractivity contribution in [2.75, 3.05) is 6.54 Å². The predicted molar refractivity (Wildman–Crippen MR) is 93.5 cm³/mol. The van der Waals surface area contributed by atoms with Crippen LogP contribution >= 0.6 is 0 Å². The molecule has 1 fully saturated rings. The van der Waals surface area contributed by atoms with Crippen LogP contribution in [0.1, 0.15) is 30.4 Å². The highest BCUT2D eigenvalue weighted by molar-refractivity contribution is 5.83. The first-order chi connectivity index (χ1) is 13.4. The normalized spacial score (nSPS) is 15.6. The van der Waals surface area contributed by atoms with Gasteiger partial charge >= 0.3 is 18.1 Å². The molecule has 1 atom stereocenters. The van der Waals surface area contributed by atoms with E-state index in [9.17, 15) is 27.9 Å². The fourth-order valence-corrected chi connectivity index (χ4v) is 2.57. The zero-order valence-electron chi connectivity index (χ0n) is 15.2. The van der Waals surface area contributed by atoms with Crippen LogP contribution in [-0.2, 0) is 20.8 Å². The average Bonchev–Trinajstić information content (AvgIpc) is 2.60. The lowest BCUT2D eigenvalue weighted by Gasteiger charge is -2.37. The zero-order valence-corrected chi connectivity index (χ0v) is 15.2. The summed E-state index contributed by atoms with van der Waals surface area (Å²) in [6.45, 7) is 0.118. The van der Waals surface area contributed by atoms with Crippen LogP contribution < -0.4 is 11.1 Å². The molecule has 0 heterocycles. The largest absolute Gasteiger partial charge is 0.490 e. The van der Waals surface area contributed by atoms with Crippen molar-refractivity contribution in [1.29, 1.82) is 5.26 Å². The number of alkyl halides is 3. The molecule has 158 valence electrons. The number of rotatable bonds is 6. The summed E-state index contributed by atoms with van der Waals surface area (Å²) in [5.74, 6) is -3.99. The number of carbonyl (C=O) groups is 3. The first-order valence-corrected chi connectivity index (χ1v) is 8.47. The van der Waals surface area contributed by atoms with Crippen LogP contribution in [0, 0.1) is 16.7 Å². The molecular weight excluding hydrogens is 395 g/mol. The van der Waals surface area contributed by atoms with Gasteiger partial charge in [0.2, 0.25) is 5.91 Å². The molecule has 1 saturated carbocycles. The Bertz CT molecular complexity index is 801. The number of aliphatic carboxylic acids is 2. The molecule has 0 saturated heterocycles. The van der Waals surface area contributed by atoms with Crippen molar-refractivity contribution >= 4 is 17.8 Å². The number of nitrogens with zero attached hydrogens (tertiary/aromatic N) is 1. The van der Waals surface area contributed by atoms with Gasteiger partial charge in [-0.15, -0.1) is 0 Å². The summed E-state index contributed by atoms with van der Waals surface area (Å²) in [7, 11) is 0. The number of nitrogens with two attached hydrogens (primary N) is 1. The first kappa shape index (κ1) is 23.9. The number of benzene rings is 1. The number of halogens is 3. The molecule has 0 aromatic heterocycles. The van der Waals surface area contributed by atoms with Crippen molar-refractivity contribution in [3.63, 3.8) is 0 Å². The quantitative estimate of drug-likeness (QED) is 0.548. The lowest BCUT2D eigenvalue weighted by Crippen LogP contribution is -2.51. The molecule has 1 unspecified atom stereocenters. The third-order valence-corrected chi connectivity index (χ3v) is 4.46. The van der Waals surface area contributed by atoms with Crippen molar-refractivity contribution < 1.29 is 37.8 Å². The van der Waals surface area contributed by atoms with Crippen LogP contribution in [0.15, 0.2) is 24.3 Å². The standard InChI is InChI=1S/C16H19N3O3.C2HF3O2/c17-9-12-4-1-3-11(7-12)8-13(18)14(20)19-10-16(15(21)22)5-2-6-16;3-2(4,5)1(6)7/h1,3-4,7,13H,2,5-6,8,10,18H2,(H,19,20)(H,21,22);(H,6,7). The van der Waals surface area contributed by atoms with Gasteiger partial charge in [0.1, 0.15) is 0 Å². The van der Waals surface area contributed by atoms with E-state index in [2.05, 4.69) is 5.32 Å². The Labute approximate surface area is 164 Å². The molecule has 8 nitrogen and oxygen atoms in total. The van der Waals surface area contributed by atoms with Crippen LogP contribution in [0.4, 0.5) is 13.2 Å². The van der Waals surface area contributed by atoms with Crippen LogP contribution in [0.2, 0.25) is 0 Å². The minimum atomic E-state index is -5.08. The number of carboxylic acids is 2. The SMILES string of the molecule is N#Cc1cccc(CC(N)C(=O)NCC2(C(=O)O)CCC2)c1.O=C(O)C(F)(F)F. The van der Waals surface area contributed by atoms with E-state index >= 15 is 0 Å². The van der Waals surface area contributed by atoms with E-state index in [1.165, 1.54) is 0 Å². The van der Waals surface area contributed by atoms with Crippen molar-refractivity contribution in [3.05, 3.63) is 35.4 Å². The van der Waals surface area contributed by atoms with Crippen molar-refractivity contribution in [1.82, 2.24) is 5.32 Å². The Morgan fingerprint density at radius 2 is 1.86 bits per heavy atom. The average molecular weight is 415 g/mol. The van der Waals surface area contributed by atoms with Gasteiger partial charge in [0, 0.05) is 6.54 Å². The minimum Gasteiger partial charge on any atom is -0.481 e. The molecule has 1 aromatic carbocycles. The fraction of sp³-hybridized carbons (Fsp3) is 0.444. The Hall–Kier alpha value is -3.13. The summed E-state index contributed by atoms with van der Waals surface area (Å²) in [5, 5.41) is 27.8. The van der Waals surface area contributed by atoms with Gasteiger partial charge in [-0.2, -0.15) is 18.4 Å². The lowest BCUT2D eigenvalue weighted by molar-refractivity contribution is -0.192. The molecule has 5 N–H and O–H groups in total. The number of nitrogens with one attached hydrogen (secondary N) is 1. The Morgan fingerprint density at radius 1 is 1.28 bits per heavy atom. The third kappa shape index (κ3) is 7.08. The smallest absolute Gasteiger partial charge is 0.481 e. The molecule has 0 bridgehead atoms. The summed E-state index contributed by atoms with van der Waals surface area (Å²) in [5.41, 5.74) is 6.36. The van der Waals surface area contributed by atoms with E-state index < -0.39 is 29.6 Å². The van der Waals surface area contributed by atoms with Gasteiger partial charge in [0.05, 0.1) is 23.1 Å². The molecule has 1 aliphatic carbocycles. The molecule has 1 aliphatic rings. The maximum atomic E-state index is 12.0. The molecule has 0 aliphatic heterocycles. The van der Waals surface area contributed by atoms with Crippen LogP contribution in [0.25, 0.3) is 0 Å². The highest BCUT2D eigenvalue weighted by Crippen LogP contribution is 2.40. The molecular formula is C18H20F3N3O5. The van der Waals surface area contributed by atoms with E-state index in [0.29, 0.717) is 24.8 Å². The number of amides is 1. The summed E-state index contributed by atoms with van der Waals surface area (Å²) < 4.78 is 31.7. The number of carboxylic acid groups (broad SMARTS) is 2. The maximum absolute atomic E-state index is 12.0. The van der Waals surface area contributed by atoms with Gasteiger partial charge in [0.15, 0.2) is 0 Å². The van der Waals surface area contributed by atoms with Crippen molar-refractivity contribution in [2.45, 2.75) is 37.9 Å². The molecule has 2 rings (SSSR count). The number of hydrogen-bond acceptors (Lipinski definition) is 5. The summed E-state index contributed by atoms with van der Waals surface area (Å²) in [4.78, 5) is 32.1. The zero-order chi connectivity index (χ0) is 22.2. The van der Waals surface area contributed by atoms with Gasteiger partial charge in [-0.05, 0) is 37.0 Å². The lowest BCUT2D eigenvalue weighted by atomic mass is 9.69. The predicted octanol–water partition coefficient (Wildman–Crippen LogP) is 1.43. The second-order valence-corrected chi connectivity index (χ2v) is 6.58. The van der Waals surface area contributed by atoms with Crippen LogP contribution in [0.5, 0.6) is 0 Å². The molecule has 0 spiro atoms. The molecule has 29 heavy (non-hydrogen) atoms. The van der Waals surface area contributed by atoms with Crippen molar-refractivity contribution in [2.24, 2.45) is 11.1 Å². The maximum Gasteiger partial charge on any atom is 0.490 e. The number of hydrogen-bond donors (Lipinski definition) is 4. The highest BCUT2D eigenvalue weighted by atomic mass is 19.4. The van der Waals surface area contributed by atoms with E-state index in [0.717, 1.165) is 12.0 Å². The molecule has 11 heteroatoms. The summed E-state index contributed by atoms with van der Waals surface area (Å²) in [6.07, 6.45) is -2.74. The van der Waals surface area contributed by atoms with Gasteiger partial charge < -0.3 is 21.3 Å². The van der Waals surface area contributed by atoms with Crippen molar-refractivity contribution in [3.8, 4) is 6.07 Å². The van der Waals surface area contributed by atoms with Gasteiger partial charge in [-0.25, -0.2) is 4.79 Å². The van der Waals surface area contributed by atoms with Gasteiger partial charge in [0.25, 0.3) is 0 Å². The fourth-order valence-electron chi connectivity index (χ4n) is 2.57. The van der Waals surface area contributed by atoms with E-state index in [1.807, 2.05) is 6.07 Å².